The number of carboxylic acid groups (broad SMARTS) is 1. The first-order valence-electron chi connectivity index (χ1n) is 6.33. The van der Waals surface area contributed by atoms with Gasteiger partial charge in [0, 0.05) is 17.6 Å². The zero-order chi connectivity index (χ0) is 14.9. The normalized spacial score (nSPS) is 22.6. The smallest absolute Gasteiger partial charge is 0.326 e. The second-order valence-electron chi connectivity index (χ2n) is 5.07. The molecule has 2 atom stereocenters. The standard InChI is InChI=1S/C13H15ClN2O4/c1-8-4-5-15(12(6-8)13(17)18)11-7-9(14)2-3-10(11)16(19)20/h2-3,7-8,12H,4-6H2,1H3,(H,17,18). The van der Waals surface area contributed by atoms with E-state index in [9.17, 15) is 20.0 Å². The topological polar surface area (TPSA) is 83.7 Å². The maximum Gasteiger partial charge on any atom is 0.326 e. The van der Waals surface area contributed by atoms with Crippen LogP contribution in [0.15, 0.2) is 18.2 Å². The summed E-state index contributed by atoms with van der Waals surface area (Å²) in [4.78, 5) is 23.6. The highest BCUT2D eigenvalue weighted by atomic mass is 35.5. The van der Waals surface area contributed by atoms with Crippen molar-refractivity contribution in [1.82, 2.24) is 0 Å². The third-order valence-corrected chi connectivity index (χ3v) is 3.83. The number of carboxylic acids is 1. The second kappa shape index (κ2) is 5.66. The fraction of sp³-hybridized carbons (Fsp3) is 0.462. The highest BCUT2D eigenvalue weighted by Crippen LogP contribution is 2.36. The molecule has 0 bridgehead atoms. The molecule has 1 saturated heterocycles. The van der Waals surface area contributed by atoms with Crippen LogP contribution in [0.5, 0.6) is 0 Å². The first-order valence-corrected chi connectivity index (χ1v) is 6.71. The predicted molar refractivity (Wildman–Crippen MR) is 75.3 cm³/mol. The van der Waals surface area contributed by atoms with Crippen molar-refractivity contribution < 1.29 is 14.8 Å². The van der Waals surface area contributed by atoms with Crippen molar-refractivity contribution in [3.05, 3.63) is 33.3 Å². The lowest BCUT2D eigenvalue weighted by atomic mass is 9.92. The number of piperidine rings is 1. The number of benzene rings is 1. The van der Waals surface area contributed by atoms with Crippen LogP contribution in [0.4, 0.5) is 11.4 Å². The molecular formula is C13H15ClN2O4. The van der Waals surface area contributed by atoms with Crippen LogP contribution < -0.4 is 4.90 Å². The van der Waals surface area contributed by atoms with Crippen molar-refractivity contribution in [2.24, 2.45) is 5.92 Å². The van der Waals surface area contributed by atoms with Crippen molar-refractivity contribution in [3.63, 3.8) is 0 Å². The zero-order valence-electron chi connectivity index (χ0n) is 11.0. The molecule has 0 radical (unpaired) electrons. The molecule has 1 heterocycles. The molecule has 2 unspecified atom stereocenters. The van der Waals surface area contributed by atoms with Gasteiger partial charge in [0.25, 0.3) is 5.69 Å². The lowest BCUT2D eigenvalue weighted by molar-refractivity contribution is -0.384. The number of hydrogen-bond donors (Lipinski definition) is 1. The summed E-state index contributed by atoms with van der Waals surface area (Å²) < 4.78 is 0. The van der Waals surface area contributed by atoms with E-state index in [0.717, 1.165) is 6.42 Å². The lowest BCUT2D eigenvalue weighted by Gasteiger charge is -2.37. The van der Waals surface area contributed by atoms with Crippen LogP contribution in [0.25, 0.3) is 0 Å². The van der Waals surface area contributed by atoms with Crippen LogP contribution in [-0.2, 0) is 4.79 Å². The molecule has 6 nitrogen and oxygen atoms in total. The minimum atomic E-state index is -0.967. The minimum absolute atomic E-state index is 0.116. The second-order valence-corrected chi connectivity index (χ2v) is 5.50. The summed E-state index contributed by atoms with van der Waals surface area (Å²) in [5, 5.41) is 20.8. The zero-order valence-corrected chi connectivity index (χ0v) is 11.7. The van der Waals surface area contributed by atoms with E-state index in [1.54, 1.807) is 4.90 Å². The van der Waals surface area contributed by atoms with Gasteiger partial charge in [0.15, 0.2) is 0 Å². The van der Waals surface area contributed by atoms with Crippen LogP contribution in [-0.4, -0.2) is 28.6 Å². The van der Waals surface area contributed by atoms with E-state index in [1.165, 1.54) is 18.2 Å². The van der Waals surface area contributed by atoms with Gasteiger partial charge in [-0.3, -0.25) is 10.1 Å². The van der Waals surface area contributed by atoms with Gasteiger partial charge >= 0.3 is 5.97 Å². The first-order chi connectivity index (χ1) is 9.40. The molecule has 108 valence electrons. The molecule has 1 aromatic rings. The molecule has 0 aromatic heterocycles. The van der Waals surface area contributed by atoms with E-state index in [4.69, 9.17) is 11.6 Å². The summed E-state index contributed by atoms with van der Waals surface area (Å²) >= 11 is 5.90. The molecule has 1 aromatic carbocycles. The summed E-state index contributed by atoms with van der Waals surface area (Å²) in [6, 6.07) is 3.46. The van der Waals surface area contributed by atoms with E-state index < -0.39 is 16.9 Å². The molecule has 1 aliphatic rings. The molecule has 0 amide bonds. The summed E-state index contributed by atoms with van der Waals surface area (Å²) in [6.45, 7) is 2.46. The highest BCUT2D eigenvalue weighted by molar-refractivity contribution is 6.31. The SMILES string of the molecule is CC1CCN(c2cc(Cl)ccc2[N+](=O)[O-])C(C(=O)O)C1. The first kappa shape index (κ1) is 14.6. The minimum Gasteiger partial charge on any atom is -0.480 e. The molecule has 1 fully saturated rings. The Labute approximate surface area is 121 Å². The van der Waals surface area contributed by atoms with Gasteiger partial charge < -0.3 is 10.0 Å². The molecule has 2 rings (SSSR count). The van der Waals surface area contributed by atoms with Crippen LogP contribution in [0.3, 0.4) is 0 Å². The van der Waals surface area contributed by atoms with Gasteiger partial charge in [0.05, 0.1) is 4.92 Å². The lowest BCUT2D eigenvalue weighted by Crippen LogP contribution is -2.47. The van der Waals surface area contributed by atoms with E-state index in [1.807, 2.05) is 6.92 Å². The predicted octanol–water partition coefficient (Wildman–Crippen LogP) is 2.94. The maximum absolute atomic E-state index is 11.4. The Bertz CT molecular complexity index is 549. The third-order valence-electron chi connectivity index (χ3n) is 3.59. The number of hydrogen-bond acceptors (Lipinski definition) is 4. The third kappa shape index (κ3) is 2.85. The molecule has 0 aliphatic carbocycles. The number of nitro groups is 1. The van der Waals surface area contributed by atoms with Crippen molar-refractivity contribution in [2.75, 3.05) is 11.4 Å². The Morgan fingerprint density at radius 1 is 1.55 bits per heavy atom. The van der Waals surface area contributed by atoms with Crippen molar-refractivity contribution in [3.8, 4) is 0 Å². The molecule has 1 N–H and O–H groups in total. The summed E-state index contributed by atoms with van der Waals surface area (Å²) in [7, 11) is 0. The number of anilines is 1. The van der Waals surface area contributed by atoms with Gasteiger partial charge in [-0.15, -0.1) is 0 Å². The Balaban J connectivity index is 2.45. The Hall–Kier alpha value is -1.82. The quantitative estimate of drug-likeness (QED) is 0.685. The number of aliphatic carboxylic acids is 1. The number of halogens is 1. The number of rotatable bonds is 3. The van der Waals surface area contributed by atoms with Crippen LogP contribution in [0.1, 0.15) is 19.8 Å². The van der Waals surface area contributed by atoms with Gasteiger partial charge in [0.1, 0.15) is 11.7 Å². The van der Waals surface area contributed by atoms with Gasteiger partial charge in [-0.2, -0.15) is 0 Å². The number of nitrogens with zero attached hydrogens (tertiary/aromatic N) is 2. The van der Waals surface area contributed by atoms with Gasteiger partial charge in [-0.05, 0) is 30.9 Å². The molecule has 0 spiro atoms. The number of nitro benzene ring substituents is 1. The highest BCUT2D eigenvalue weighted by Gasteiger charge is 2.35. The Kier molecular flexibility index (Phi) is 4.13. The monoisotopic (exact) mass is 298 g/mol. The Morgan fingerprint density at radius 2 is 2.25 bits per heavy atom. The molecule has 7 heteroatoms. The fourth-order valence-corrected chi connectivity index (χ4v) is 2.71. The van der Waals surface area contributed by atoms with Crippen LogP contribution in [0, 0.1) is 16.0 Å². The molecule has 1 aliphatic heterocycles. The summed E-state index contributed by atoms with van der Waals surface area (Å²) in [5.74, 6) is -0.684. The van der Waals surface area contributed by atoms with Gasteiger partial charge in [-0.1, -0.05) is 18.5 Å². The summed E-state index contributed by atoms with van der Waals surface area (Å²) in [5.41, 5.74) is 0.164. The molecule has 20 heavy (non-hydrogen) atoms. The van der Waals surface area contributed by atoms with Crippen LogP contribution in [0.2, 0.25) is 5.02 Å². The molecule has 0 saturated carbocycles. The largest absolute Gasteiger partial charge is 0.480 e. The van der Waals surface area contributed by atoms with Gasteiger partial charge in [-0.25, -0.2) is 4.79 Å². The van der Waals surface area contributed by atoms with Gasteiger partial charge in [0.2, 0.25) is 0 Å². The summed E-state index contributed by atoms with van der Waals surface area (Å²) in [6.07, 6.45) is 1.27. The van der Waals surface area contributed by atoms with E-state index in [-0.39, 0.29) is 17.3 Å². The van der Waals surface area contributed by atoms with E-state index in [0.29, 0.717) is 18.0 Å². The van der Waals surface area contributed by atoms with Crippen molar-refractivity contribution in [1.29, 1.82) is 0 Å². The van der Waals surface area contributed by atoms with E-state index in [2.05, 4.69) is 0 Å². The average Bonchev–Trinajstić information content (AvgIpc) is 2.38. The Morgan fingerprint density at radius 3 is 2.85 bits per heavy atom. The van der Waals surface area contributed by atoms with Crippen molar-refractivity contribution >= 4 is 28.9 Å². The van der Waals surface area contributed by atoms with Crippen LogP contribution >= 0.6 is 11.6 Å². The average molecular weight is 299 g/mol. The van der Waals surface area contributed by atoms with Crippen molar-refractivity contribution in [2.45, 2.75) is 25.8 Å². The maximum atomic E-state index is 11.4. The van der Waals surface area contributed by atoms with E-state index >= 15 is 0 Å². The fourth-order valence-electron chi connectivity index (χ4n) is 2.55. The molecular weight excluding hydrogens is 284 g/mol. The number of carbonyl (C=O) groups is 1.